The highest BCUT2D eigenvalue weighted by atomic mass is 19.3. The molecule has 0 aliphatic carbocycles. The molecular weight excluding hydrogens is 492 g/mol. The average Bonchev–Trinajstić information content (AvgIpc) is 3.33. The zero-order chi connectivity index (χ0) is 26.4. The highest BCUT2D eigenvalue weighted by molar-refractivity contribution is 6.04. The SMILES string of the molecule is C/C(=N\NC(=O)c1cn(-c2ccccc2)nc1-c1ccccc1)c1ccc(OC(F)F)cc1OC(F)F. The first kappa shape index (κ1) is 25.4. The van der Waals surface area contributed by atoms with Crippen molar-refractivity contribution in [1.29, 1.82) is 0 Å². The Balaban J connectivity index is 1.64. The second kappa shape index (κ2) is 11.4. The summed E-state index contributed by atoms with van der Waals surface area (Å²) in [5, 5.41) is 8.58. The quantitative estimate of drug-likeness (QED) is 0.172. The van der Waals surface area contributed by atoms with Crippen LogP contribution >= 0.6 is 0 Å². The van der Waals surface area contributed by atoms with Gasteiger partial charge in [0, 0.05) is 23.4 Å². The van der Waals surface area contributed by atoms with Crippen molar-refractivity contribution in [1.82, 2.24) is 15.2 Å². The van der Waals surface area contributed by atoms with E-state index in [-0.39, 0.29) is 22.6 Å². The van der Waals surface area contributed by atoms with Crippen LogP contribution in [0.15, 0.2) is 90.2 Å². The van der Waals surface area contributed by atoms with Gasteiger partial charge in [0.15, 0.2) is 0 Å². The molecule has 7 nitrogen and oxygen atoms in total. The number of nitrogens with one attached hydrogen (secondary N) is 1. The van der Waals surface area contributed by atoms with Gasteiger partial charge in [-0.25, -0.2) is 10.1 Å². The van der Waals surface area contributed by atoms with Gasteiger partial charge >= 0.3 is 13.2 Å². The molecule has 0 aliphatic heterocycles. The highest BCUT2D eigenvalue weighted by Gasteiger charge is 2.20. The second-order valence-electron chi connectivity index (χ2n) is 7.59. The van der Waals surface area contributed by atoms with Crippen LogP contribution < -0.4 is 14.9 Å². The van der Waals surface area contributed by atoms with Gasteiger partial charge in [-0.3, -0.25) is 4.79 Å². The van der Waals surface area contributed by atoms with Crippen molar-refractivity contribution in [3.63, 3.8) is 0 Å². The number of nitrogens with zero attached hydrogens (tertiary/aromatic N) is 3. The van der Waals surface area contributed by atoms with Crippen molar-refractivity contribution in [2.45, 2.75) is 20.1 Å². The van der Waals surface area contributed by atoms with E-state index in [4.69, 9.17) is 0 Å². The van der Waals surface area contributed by atoms with Gasteiger partial charge in [-0.2, -0.15) is 27.8 Å². The Morgan fingerprint density at radius 2 is 1.54 bits per heavy atom. The molecule has 1 aromatic heterocycles. The van der Waals surface area contributed by atoms with Crippen LogP contribution in [0.5, 0.6) is 11.5 Å². The van der Waals surface area contributed by atoms with Crippen LogP contribution in [-0.4, -0.2) is 34.6 Å². The van der Waals surface area contributed by atoms with Crippen LogP contribution in [0.25, 0.3) is 16.9 Å². The summed E-state index contributed by atoms with van der Waals surface area (Å²) in [7, 11) is 0. The van der Waals surface area contributed by atoms with E-state index in [1.165, 1.54) is 13.0 Å². The standard InChI is InChI=1S/C26H20F4N4O3/c1-16(20-13-12-19(36-25(27)28)14-22(20)37-26(29)30)31-32-24(35)21-15-34(18-10-6-3-7-11-18)33-23(21)17-8-4-2-5-9-17/h2-15,25-26H,1H3,(H,32,35)/b31-16+. The second-order valence-corrected chi connectivity index (χ2v) is 7.59. The van der Waals surface area contributed by atoms with Crippen LogP contribution in [0.4, 0.5) is 17.6 Å². The number of halogens is 4. The summed E-state index contributed by atoms with van der Waals surface area (Å²) < 4.78 is 61.1. The van der Waals surface area contributed by atoms with Crippen LogP contribution in [0.1, 0.15) is 22.8 Å². The number of hydrazone groups is 1. The molecule has 190 valence electrons. The lowest BCUT2D eigenvalue weighted by atomic mass is 10.1. The van der Waals surface area contributed by atoms with E-state index in [9.17, 15) is 22.4 Å². The van der Waals surface area contributed by atoms with E-state index in [1.54, 1.807) is 23.0 Å². The van der Waals surface area contributed by atoms with Gasteiger partial charge < -0.3 is 9.47 Å². The predicted octanol–water partition coefficient (Wildman–Crippen LogP) is 5.90. The van der Waals surface area contributed by atoms with E-state index in [0.29, 0.717) is 11.3 Å². The maximum Gasteiger partial charge on any atom is 0.387 e. The third kappa shape index (κ3) is 6.31. The Hall–Kier alpha value is -4.67. The van der Waals surface area contributed by atoms with Crippen LogP contribution in [0.2, 0.25) is 0 Å². The fourth-order valence-electron chi connectivity index (χ4n) is 3.49. The number of hydrogen-bond acceptors (Lipinski definition) is 5. The highest BCUT2D eigenvalue weighted by Crippen LogP contribution is 2.28. The molecule has 0 aliphatic rings. The van der Waals surface area contributed by atoms with Gasteiger partial charge in [-0.15, -0.1) is 0 Å². The Labute approximate surface area is 209 Å². The predicted molar refractivity (Wildman–Crippen MR) is 128 cm³/mol. The summed E-state index contributed by atoms with van der Waals surface area (Å²) in [6.45, 7) is -4.93. The molecule has 11 heteroatoms. The number of amides is 1. The van der Waals surface area contributed by atoms with Gasteiger partial charge in [-0.1, -0.05) is 48.5 Å². The number of ether oxygens (including phenoxy) is 2. The van der Waals surface area contributed by atoms with Crippen molar-refractivity contribution in [3.05, 3.63) is 96.2 Å². The van der Waals surface area contributed by atoms with Gasteiger partial charge in [0.05, 0.1) is 17.0 Å². The number of benzene rings is 3. The first-order chi connectivity index (χ1) is 17.8. The fourth-order valence-corrected chi connectivity index (χ4v) is 3.49. The van der Waals surface area contributed by atoms with Crippen LogP contribution in [0, 0.1) is 0 Å². The zero-order valence-electron chi connectivity index (χ0n) is 19.3. The van der Waals surface area contributed by atoms with Crippen molar-refractivity contribution in [2.24, 2.45) is 5.10 Å². The first-order valence-corrected chi connectivity index (χ1v) is 10.9. The molecule has 0 atom stereocenters. The molecular formula is C26H20F4N4O3. The van der Waals surface area contributed by atoms with Crippen molar-refractivity contribution >= 4 is 11.6 Å². The van der Waals surface area contributed by atoms with E-state index < -0.39 is 24.9 Å². The Kier molecular flexibility index (Phi) is 7.82. The van der Waals surface area contributed by atoms with E-state index in [1.807, 2.05) is 48.5 Å². The Morgan fingerprint density at radius 1 is 0.892 bits per heavy atom. The number of hydrogen-bond donors (Lipinski definition) is 1. The molecule has 1 heterocycles. The van der Waals surface area contributed by atoms with Gasteiger partial charge in [0.25, 0.3) is 5.91 Å². The van der Waals surface area contributed by atoms with E-state index in [0.717, 1.165) is 17.8 Å². The summed E-state index contributed by atoms with van der Waals surface area (Å²) in [6, 6.07) is 21.5. The van der Waals surface area contributed by atoms with Gasteiger partial charge in [0.1, 0.15) is 17.2 Å². The number of carbonyl (C=O) groups is 1. The third-order valence-corrected chi connectivity index (χ3v) is 5.14. The summed E-state index contributed by atoms with van der Waals surface area (Å²) in [6.07, 6.45) is 1.56. The molecule has 3 aromatic carbocycles. The number of aromatic nitrogens is 2. The van der Waals surface area contributed by atoms with E-state index >= 15 is 0 Å². The molecule has 0 radical (unpaired) electrons. The van der Waals surface area contributed by atoms with Crippen molar-refractivity contribution in [3.8, 4) is 28.4 Å². The Morgan fingerprint density at radius 3 is 2.19 bits per heavy atom. The van der Waals surface area contributed by atoms with Crippen LogP contribution in [0.3, 0.4) is 0 Å². The van der Waals surface area contributed by atoms with Gasteiger partial charge in [0.2, 0.25) is 0 Å². The van der Waals surface area contributed by atoms with Crippen molar-refractivity contribution < 1.29 is 31.8 Å². The lowest BCUT2D eigenvalue weighted by Gasteiger charge is -2.13. The fraction of sp³-hybridized carbons (Fsp3) is 0.115. The lowest BCUT2D eigenvalue weighted by Crippen LogP contribution is -2.20. The molecule has 37 heavy (non-hydrogen) atoms. The average molecular weight is 512 g/mol. The molecule has 4 aromatic rings. The first-order valence-electron chi connectivity index (χ1n) is 10.9. The maximum atomic E-state index is 13.1. The summed E-state index contributed by atoms with van der Waals surface area (Å²) >= 11 is 0. The monoisotopic (exact) mass is 512 g/mol. The molecule has 0 saturated heterocycles. The molecule has 0 spiro atoms. The summed E-state index contributed by atoms with van der Waals surface area (Å²) in [5.41, 5.74) is 4.60. The Bertz CT molecular complexity index is 1390. The summed E-state index contributed by atoms with van der Waals surface area (Å²) in [5.74, 6) is -1.41. The smallest absolute Gasteiger partial charge is 0.387 e. The molecule has 0 unspecified atom stereocenters. The number of para-hydroxylation sites is 1. The topological polar surface area (TPSA) is 77.7 Å². The minimum absolute atomic E-state index is 0.0467. The van der Waals surface area contributed by atoms with E-state index in [2.05, 4.69) is 25.1 Å². The van der Waals surface area contributed by atoms with Gasteiger partial charge in [-0.05, 0) is 31.2 Å². The molecule has 0 bridgehead atoms. The minimum Gasteiger partial charge on any atom is -0.435 e. The largest absolute Gasteiger partial charge is 0.435 e. The summed E-state index contributed by atoms with van der Waals surface area (Å²) in [4.78, 5) is 13.1. The molecule has 0 fully saturated rings. The lowest BCUT2D eigenvalue weighted by molar-refractivity contribution is -0.0543. The number of alkyl halides is 4. The molecule has 1 N–H and O–H groups in total. The normalized spacial score (nSPS) is 11.6. The zero-order valence-corrected chi connectivity index (χ0v) is 19.3. The van der Waals surface area contributed by atoms with Crippen molar-refractivity contribution in [2.75, 3.05) is 0 Å². The van der Waals surface area contributed by atoms with Crippen LogP contribution in [-0.2, 0) is 0 Å². The maximum absolute atomic E-state index is 13.1. The molecule has 0 saturated carbocycles. The number of carbonyl (C=O) groups excluding carboxylic acids is 1. The molecule has 1 amide bonds. The number of rotatable bonds is 9. The minimum atomic E-state index is -3.22. The third-order valence-electron chi connectivity index (χ3n) is 5.14. The molecule has 4 rings (SSSR count).